The predicted molar refractivity (Wildman–Crippen MR) is 191 cm³/mol. The third kappa shape index (κ3) is 5.49. The minimum absolute atomic E-state index is 0.0763. The van der Waals surface area contributed by atoms with Crippen molar-refractivity contribution in [1.29, 1.82) is 0 Å². The Labute approximate surface area is 306 Å². The lowest BCUT2D eigenvalue weighted by molar-refractivity contribution is -0.383. The van der Waals surface area contributed by atoms with Gasteiger partial charge in [-0.25, -0.2) is 0 Å². The van der Waals surface area contributed by atoms with Gasteiger partial charge in [0.25, 0.3) is 0 Å². The van der Waals surface area contributed by atoms with Crippen molar-refractivity contribution in [3.05, 3.63) is 112 Å². The molecule has 0 amide bonds. The van der Waals surface area contributed by atoms with Crippen molar-refractivity contribution >= 4 is 11.6 Å². The van der Waals surface area contributed by atoms with Crippen LogP contribution in [0.5, 0.6) is 5.75 Å². The number of aliphatic hydroxyl groups is 6. The van der Waals surface area contributed by atoms with Gasteiger partial charge in [0.1, 0.15) is 34.9 Å². The van der Waals surface area contributed by atoms with Crippen LogP contribution in [0.4, 0.5) is 0 Å². The number of ether oxygens (including phenoxy) is 2. The van der Waals surface area contributed by atoms with Crippen molar-refractivity contribution < 1.29 is 49.7 Å². The van der Waals surface area contributed by atoms with E-state index in [0.717, 1.165) is 29.5 Å². The standard InChI is InChI=1S/C41H46N2O10/c42-31-19-25(10-14-43-31)39(11-1-2-12-39)30-9-13-40(21-45)38(50)41(30,51)36(49)37(53-40)52-29-8-4-7-26-33(29)35(48)32-27(34(26)47)17-24(18-28(32)46)16-22-5-3-6-23(15-22)20-44/h3-8,10,15,17-19,27,30,32,36-38,43-46,49-51H,1-2,9,11-14,16,20-21,42H2/t27-,30-,32-,36-,37+,38+,40+,41+/m0/s1. The van der Waals surface area contributed by atoms with Gasteiger partial charge in [0.15, 0.2) is 11.6 Å². The number of nitrogens with two attached hydrogens (primary N) is 1. The minimum atomic E-state index is -2.20. The fourth-order valence-corrected chi connectivity index (χ4v) is 10.2. The number of carbonyl (C=O) groups is 2. The zero-order chi connectivity index (χ0) is 37.3. The first-order valence-corrected chi connectivity index (χ1v) is 18.4. The van der Waals surface area contributed by atoms with Crippen LogP contribution in [0.2, 0.25) is 0 Å². The number of rotatable bonds is 8. The van der Waals surface area contributed by atoms with E-state index >= 15 is 0 Å². The van der Waals surface area contributed by atoms with Crippen molar-refractivity contribution in [1.82, 2.24) is 5.32 Å². The molecule has 8 atom stereocenters. The van der Waals surface area contributed by atoms with Gasteiger partial charge in [-0.15, -0.1) is 0 Å². The van der Waals surface area contributed by atoms with E-state index < -0.39 is 71.0 Å². The number of nitrogens with one attached hydrogen (secondary N) is 1. The van der Waals surface area contributed by atoms with E-state index in [-0.39, 0.29) is 35.7 Å². The predicted octanol–water partition coefficient (Wildman–Crippen LogP) is 2.63. The Morgan fingerprint density at radius 2 is 1.74 bits per heavy atom. The number of aliphatic hydroxyl groups excluding tert-OH is 5. The summed E-state index contributed by atoms with van der Waals surface area (Å²) in [6, 6.07) is 11.8. The van der Waals surface area contributed by atoms with Crippen LogP contribution in [0.25, 0.3) is 0 Å². The lowest BCUT2D eigenvalue weighted by Gasteiger charge is -2.63. The number of hydrogen-bond donors (Lipinski definition) is 8. The molecule has 1 saturated heterocycles. The van der Waals surface area contributed by atoms with E-state index in [2.05, 4.69) is 5.32 Å². The van der Waals surface area contributed by atoms with E-state index in [1.807, 2.05) is 30.4 Å². The summed E-state index contributed by atoms with van der Waals surface area (Å²) in [7, 11) is 0. The van der Waals surface area contributed by atoms with Crippen LogP contribution < -0.4 is 15.8 Å². The van der Waals surface area contributed by atoms with Crippen LogP contribution in [-0.4, -0.2) is 85.1 Å². The molecule has 0 radical (unpaired) electrons. The zero-order valence-corrected chi connectivity index (χ0v) is 29.3. The summed E-state index contributed by atoms with van der Waals surface area (Å²) in [6.07, 6.45) is 5.91. The molecule has 3 fully saturated rings. The summed E-state index contributed by atoms with van der Waals surface area (Å²) >= 11 is 0. The van der Waals surface area contributed by atoms with Crippen molar-refractivity contribution in [3.8, 4) is 5.75 Å². The van der Waals surface area contributed by atoms with Gasteiger partial charge in [-0.05, 0) is 72.6 Å². The molecule has 53 heavy (non-hydrogen) atoms. The van der Waals surface area contributed by atoms with Crippen molar-refractivity contribution in [2.24, 2.45) is 28.9 Å². The highest BCUT2D eigenvalue weighted by Crippen LogP contribution is 2.62. The molecule has 2 aromatic rings. The van der Waals surface area contributed by atoms with E-state index in [9.17, 15) is 40.2 Å². The zero-order valence-electron chi connectivity index (χ0n) is 29.3. The van der Waals surface area contributed by atoms with Gasteiger partial charge < -0.3 is 51.2 Å². The summed E-state index contributed by atoms with van der Waals surface area (Å²) < 4.78 is 12.5. The molecule has 0 aromatic heterocycles. The maximum atomic E-state index is 14.2. The Kier molecular flexibility index (Phi) is 8.91. The number of carbonyl (C=O) groups excluding carboxylic acids is 2. The molecular formula is C41H46N2O10. The topological polar surface area (TPSA) is 212 Å². The third-order valence-electron chi connectivity index (χ3n) is 12.7. The van der Waals surface area contributed by atoms with Crippen LogP contribution in [-0.2, 0) is 17.8 Å². The average Bonchev–Trinajstić information content (AvgIpc) is 3.65. The van der Waals surface area contributed by atoms with Crippen molar-refractivity contribution in [3.63, 3.8) is 0 Å². The third-order valence-corrected chi connectivity index (χ3v) is 12.7. The number of hydrogen-bond acceptors (Lipinski definition) is 12. The van der Waals surface area contributed by atoms with Crippen LogP contribution in [0.15, 0.2) is 89.5 Å². The molecule has 0 spiro atoms. The van der Waals surface area contributed by atoms with Crippen LogP contribution in [0, 0.1) is 23.2 Å². The first-order chi connectivity index (χ1) is 25.5. The number of dihydropyridines is 1. The Balaban J connectivity index is 1.13. The van der Waals surface area contributed by atoms with Gasteiger partial charge in [-0.1, -0.05) is 61.4 Å². The minimum Gasteiger partial charge on any atom is -0.511 e. The molecule has 12 heteroatoms. The molecule has 0 unspecified atom stereocenters. The summed E-state index contributed by atoms with van der Waals surface area (Å²) in [4.78, 5) is 28.3. The molecule has 4 aliphatic carbocycles. The first-order valence-electron chi connectivity index (χ1n) is 18.4. The molecule has 2 aromatic carbocycles. The second kappa shape index (κ2) is 13.2. The van der Waals surface area contributed by atoms with Crippen molar-refractivity contribution in [2.75, 3.05) is 13.2 Å². The Morgan fingerprint density at radius 3 is 2.47 bits per heavy atom. The smallest absolute Gasteiger partial charge is 0.229 e. The molecule has 12 nitrogen and oxygen atoms in total. The van der Waals surface area contributed by atoms with Crippen LogP contribution >= 0.6 is 0 Å². The number of Topliss-reactive ketones (excluding diaryl/α,β-unsaturated/α-hetero) is 2. The lowest BCUT2D eigenvalue weighted by Crippen LogP contribution is -2.79. The van der Waals surface area contributed by atoms with Crippen molar-refractivity contribution in [2.45, 2.75) is 81.3 Å². The van der Waals surface area contributed by atoms with Crippen LogP contribution in [0.1, 0.15) is 70.4 Å². The lowest BCUT2D eigenvalue weighted by atomic mass is 9.52. The van der Waals surface area contributed by atoms with Gasteiger partial charge in [0.2, 0.25) is 6.29 Å². The quantitative estimate of drug-likeness (QED) is 0.197. The molecule has 9 N–H and O–H groups in total. The molecule has 280 valence electrons. The summed E-state index contributed by atoms with van der Waals surface area (Å²) in [5.74, 6) is -3.67. The molecule has 2 saturated carbocycles. The Morgan fingerprint density at radius 1 is 0.981 bits per heavy atom. The van der Waals surface area contributed by atoms with Gasteiger partial charge in [0.05, 0.1) is 36.4 Å². The highest BCUT2D eigenvalue weighted by atomic mass is 16.7. The SMILES string of the molecule is NC1=CC(C2([C@@H]3CC[C@]4(CO)O[C@@H](Oc5cccc6c5C(=O)[C@@H]5C(O)=CC(Cc7cccc(CO)c7)=C[C@@H]5C6=O)[C@H](O)[C@@]3(O)[C@@H]4O)CCCC2)=CCN1. The van der Waals surface area contributed by atoms with Gasteiger partial charge in [0, 0.05) is 23.4 Å². The number of ketones is 2. The van der Waals surface area contributed by atoms with Gasteiger partial charge in [-0.2, -0.15) is 0 Å². The number of fused-ring (bicyclic) bond motifs is 4. The van der Waals surface area contributed by atoms with E-state index in [0.29, 0.717) is 43.6 Å². The van der Waals surface area contributed by atoms with E-state index in [1.54, 1.807) is 18.2 Å². The first kappa shape index (κ1) is 35.7. The fourth-order valence-electron chi connectivity index (χ4n) is 10.2. The second-order valence-corrected chi connectivity index (χ2v) is 15.5. The number of benzene rings is 2. The van der Waals surface area contributed by atoms with E-state index in [4.69, 9.17) is 15.2 Å². The fraction of sp³-hybridized carbons (Fsp3) is 0.463. The molecule has 2 aliphatic heterocycles. The molecular weight excluding hydrogens is 680 g/mol. The maximum absolute atomic E-state index is 14.2. The van der Waals surface area contributed by atoms with Gasteiger partial charge >= 0.3 is 0 Å². The Hall–Kier alpha value is -4.30. The molecule has 2 heterocycles. The number of allylic oxidation sites excluding steroid dienone is 6. The second-order valence-electron chi connectivity index (χ2n) is 15.5. The molecule has 2 bridgehead atoms. The highest BCUT2D eigenvalue weighted by molar-refractivity contribution is 6.19. The van der Waals surface area contributed by atoms with Gasteiger partial charge in [-0.3, -0.25) is 9.59 Å². The van der Waals surface area contributed by atoms with E-state index in [1.165, 1.54) is 18.2 Å². The summed E-state index contributed by atoms with van der Waals surface area (Å²) in [6.45, 7) is -0.297. The molecule has 8 rings (SSSR count). The maximum Gasteiger partial charge on any atom is 0.229 e. The Bertz CT molecular complexity index is 1960. The van der Waals surface area contributed by atoms with Crippen LogP contribution in [0.3, 0.4) is 0 Å². The normalized spacial score (nSPS) is 34.5. The highest BCUT2D eigenvalue weighted by Gasteiger charge is 2.71. The summed E-state index contributed by atoms with van der Waals surface area (Å²) in [5.41, 5.74) is 4.83. The largest absolute Gasteiger partial charge is 0.511 e. The average molecular weight is 727 g/mol. The monoisotopic (exact) mass is 726 g/mol. The summed E-state index contributed by atoms with van der Waals surface area (Å²) in [5, 5.41) is 71.2. The molecule has 6 aliphatic rings.